The van der Waals surface area contributed by atoms with Gasteiger partial charge in [0.15, 0.2) is 0 Å². The van der Waals surface area contributed by atoms with Crippen LogP contribution in [0.15, 0.2) is 12.3 Å². The SMILES string of the molecule is CNC(C(=O)Nc1ccn[nH]1)C(C)C. The first-order valence-corrected chi connectivity index (χ1v) is 4.62. The van der Waals surface area contributed by atoms with Crippen LogP contribution in [0.25, 0.3) is 0 Å². The Balaban J connectivity index is 2.56. The second-order valence-electron chi connectivity index (χ2n) is 3.47. The zero-order valence-corrected chi connectivity index (χ0v) is 8.66. The summed E-state index contributed by atoms with van der Waals surface area (Å²) in [7, 11) is 1.78. The highest BCUT2D eigenvalue weighted by atomic mass is 16.2. The molecule has 1 heterocycles. The molecular weight excluding hydrogens is 180 g/mol. The largest absolute Gasteiger partial charge is 0.310 e. The number of hydrogen-bond donors (Lipinski definition) is 3. The number of amides is 1. The lowest BCUT2D eigenvalue weighted by atomic mass is 10.0. The lowest BCUT2D eigenvalue weighted by molar-refractivity contribution is -0.119. The Morgan fingerprint density at radius 3 is 2.71 bits per heavy atom. The van der Waals surface area contributed by atoms with Gasteiger partial charge in [0.2, 0.25) is 5.91 Å². The molecule has 1 aromatic heterocycles. The van der Waals surface area contributed by atoms with Crippen molar-refractivity contribution in [3.05, 3.63) is 12.3 Å². The van der Waals surface area contributed by atoms with E-state index in [0.29, 0.717) is 5.82 Å². The summed E-state index contributed by atoms with van der Waals surface area (Å²) in [6, 6.07) is 1.53. The molecule has 0 aliphatic carbocycles. The number of aromatic amines is 1. The molecule has 0 aliphatic rings. The second kappa shape index (κ2) is 4.76. The van der Waals surface area contributed by atoms with Gasteiger partial charge in [-0.15, -0.1) is 0 Å². The van der Waals surface area contributed by atoms with Crippen molar-refractivity contribution in [3.63, 3.8) is 0 Å². The Hall–Kier alpha value is -1.36. The highest BCUT2D eigenvalue weighted by Crippen LogP contribution is 2.05. The van der Waals surface area contributed by atoms with Gasteiger partial charge >= 0.3 is 0 Å². The molecule has 1 rings (SSSR count). The molecule has 14 heavy (non-hydrogen) atoms. The van der Waals surface area contributed by atoms with E-state index >= 15 is 0 Å². The standard InChI is InChI=1S/C9H16N4O/c1-6(2)8(10-3)9(14)12-7-4-5-11-13-7/h4-6,8,10H,1-3H3,(H2,11,12,13,14). The molecule has 0 aliphatic heterocycles. The lowest BCUT2D eigenvalue weighted by Crippen LogP contribution is -2.42. The molecule has 1 unspecified atom stereocenters. The monoisotopic (exact) mass is 196 g/mol. The molecule has 0 saturated carbocycles. The van der Waals surface area contributed by atoms with Crippen LogP contribution in [0.2, 0.25) is 0 Å². The Bertz CT molecular complexity index is 281. The summed E-state index contributed by atoms with van der Waals surface area (Å²) in [5.41, 5.74) is 0. The normalized spacial score (nSPS) is 12.9. The lowest BCUT2D eigenvalue weighted by Gasteiger charge is -2.18. The summed E-state index contributed by atoms with van der Waals surface area (Å²) in [6.07, 6.45) is 1.60. The summed E-state index contributed by atoms with van der Waals surface area (Å²) in [4.78, 5) is 11.7. The molecular formula is C9H16N4O. The first-order chi connectivity index (χ1) is 6.65. The van der Waals surface area contributed by atoms with E-state index in [1.807, 2.05) is 13.8 Å². The average Bonchev–Trinajstić information content (AvgIpc) is 2.57. The maximum absolute atomic E-state index is 11.7. The Kier molecular flexibility index (Phi) is 3.64. The molecule has 1 atom stereocenters. The van der Waals surface area contributed by atoms with Crippen molar-refractivity contribution in [1.82, 2.24) is 15.5 Å². The summed E-state index contributed by atoms with van der Waals surface area (Å²) in [6.45, 7) is 3.99. The predicted molar refractivity (Wildman–Crippen MR) is 54.9 cm³/mol. The van der Waals surface area contributed by atoms with Crippen molar-refractivity contribution in [3.8, 4) is 0 Å². The van der Waals surface area contributed by atoms with Crippen molar-refractivity contribution in [2.75, 3.05) is 12.4 Å². The minimum atomic E-state index is -0.182. The fourth-order valence-corrected chi connectivity index (χ4v) is 1.30. The van der Waals surface area contributed by atoms with Crippen LogP contribution >= 0.6 is 0 Å². The molecule has 0 fully saturated rings. The smallest absolute Gasteiger partial charge is 0.242 e. The topological polar surface area (TPSA) is 69.8 Å². The van der Waals surface area contributed by atoms with Crippen molar-refractivity contribution in [2.45, 2.75) is 19.9 Å². The average molecular weight is 196 g/mol. The van der Waals surface area contributed by atoms with Gasteiger partial charge in [0.25, 0.3) is 0 Å². The molecule has 78 valence electrons. The highest BCUT2D eigenvalue weighted by molar-refractivity contribution is 5.94. The zero-order valence-electron chi connectivity index (χ0n) is 8.66. The van der Waals surface area contributed by atoms with Gasteiger partial charge in [0.05, 0.1) is 12.2 Å². The molecule has 0 aromatic carbocycles. The quantitative estimate of drug-likeness (QED) is 0.660. The number of nitrogens with zero attached hydrogens (tertiary/aromatic N) is 1. The third kappa shape index (κ3) is 2.56. The zero-order chi connectivity index (χ0) is 10.6. The molecule has 5 heteroatoms. The van der Waals surface area contributed by atoms with Gasteiger partial charge in [-0.2, -0.15) is 5.10 Å². The number of rotatable bonds is 4. The van der Waals surface area contributed by atoms with E-state index in [1.54, 1.807) is 19.3 Å². The molecule has 3 N–H and O–H groups in total. The molecule has 0 spiro atoms. The predicted octanol–water partition coefficient (Wildman–Crippen LogP) is 0.592. The molecule has 0 saturated heterocycles. The van der Waals surface area contributed by atoms with E-state index in [2.05, 4.69) is 20.8 Å². The number of H-pyrrole nitrogens is 1. The first-order valence-electron chi connectivity index (χ1n) is 4.62. The van der Waals surface area contributed by atoms with Crippen molar-refractivity contribution in [2.24, 2.45) is 5.92 Å². The van der Waals surface area contributed by atoms with Gasteiger partial charge in [-0.05, 0) is 13.0 Å². The van der Waals surface area contributed by atoms with Crippen molar-refractivity contribution >= 4 is 11.7 Å². The van der Waals surface area contributed by atoms with Crippen LogP contribution in [0.5, 0.6) is 0 Å². The number of anilines is 1. The molecule has 1 aromatic rings. The summed E-state index contributed by atoms with van der Waals surface area (Å²) < 4.78 is 0. The van der Waals surface area contributed by atoms with E-state index < -0.39 is 0 Å². The molecule has 0 radical (unpaired) electrons. The van der Waals surface area contributed by atoms with Crippen LogP contribution in [-0.2, 0) is 4.79 Å². The molecule has 5 nitrogen and oxygen atoms in total. The van der Waals surface area contributed by atoms with Gasteiger partial charge < -0.3 is 10.6 Å². The van der Waals surface area contributed by atoms with Crippen LogP contribution in [0.1, 0.15) is 13.8 Å². The van der Waals surface area contributed by atoms with Crippen LogP contribution in [0, 0.1) is 5.92 Å². The van der Waals surface area contributed by atoms with E-state index in [0.717, 1.165) is 0 Å². The van der Waals surface area contributed by atoms with Crippen molar-refractivity contribution < 1.29 is 4.79 Å². The summed E-state index contributed by atoms with van der Waals surface area (Å²) >= 11 is 0. The van der Waals surface area contributed by atoms with Gasteiger partial charge in [0, 0.05) is 6.07 Å². The van der Waals surface area contributed by atoms with Gasteiger partial charge in [-0.1, -0.05) is 13.8 Å². The Morgan fingerprint density at radius 2 is 2.29 bits per heavy atom. The maximum atomic E-state index is 11.7. The fraction of sp³-hybridized carbons (Fsp3) is 0.556. The number of carbonyl (C=O) groups is 1. The minimum absolute atomic E-state index is 0.0493. The number of carbonyl (C=O) groups excluding carboxylic acids is 1. The summed E-state index contributed by atoms with van der Waals surface area (Å²) in [5.74, 6) is 0.825. The molecule has 0 bridgehead atoms. The van der Waals surface area contributed by atoms with E-state index in [1.165, 1.54) is 0 Å². The fourth-order valence-electron chi connectivity index (χ4n) is 1.30. The van der Waals surface area contributed by atoms with E-state index in [-0.39, 0.29) is 17.9 Å². The number of aromatic nitrogens is 2. The number of likely N-dealkylation sites (N-methyl/N-ethyl adjacent to an activating group) is 1. The Labute approximate surface area is 83.3 Å². The van der Waals surface area contributed by atoms with Gasteiger partial charge in [0.1, 0.15) is 5.82 Å². The van der Waals surface area contributed by atoms with Crippen LogP contribution in [0.3, 0.4) is 0 Å². The van der Waals surface area contributed by atoms with Crippen molar-refractivity contribution in [1.29, 1.82) is 0 Å². The van der Waals surface area contributed by atoms with E-state index in [4.69, 9.17) is 0 Å². The highest BCUT2D eigenvalue weighted by Gasteiger charge is 2.19. The van der Waals surface area contributed by atoms with Crippen LogP contribution in [-0.4, -0.2) is 29.2 Å². The van der Waals surface area contributed by atoms with Gasteiger partial charge in [-0.25, -0.2) is 0 Å². The third-order valence-corrected chi connectivity index (χ3v) is 2.02. The first kappa shape index (κ1) is 10.7. The molecule has 1 amide bonds. The van der Waals surface area contributed by atoms with Crippen LogP contribution < -0.4 is 10.6 Å². The number of hydrogen-bond acceptors (Lipinski definition) is 3. The Morgan fingerprint density at radius 1 is 1.57 bits per heavy atom. The minimum Gasteiger partial charge on any atom is -0.310 e. The van der Waals surface area contributed by atoms with Gasteiger partial charge in [-0.3, -0.25) is 9.89 Å². The van der Waals surface area contributed by atoms with E-state index in [9.17, 15) is 4.79 Å². The summed E-state index contributed by atoms with van der Waals surface area (Å²) in [5, 5.41) is 12.1. The van der Waals surface area contributed by atoms with Crippen LogP contribution in [0.4, 0.5) is 5.82 Å². The maximum Gasteiger partial charge on any atom is 0.242 e. The third-order valence-electron chi connectivity index (χ3n) is 2.02. The second-order valence-corrected chi connectivity index (χ2v) is 3.47. The number of nitrogens with one attached hydrogen (secondary N) is 3.